The Hall–Kier alpha value is -0.300. The van der Waals surface area contributed by atoms with Gasteiger partial charge in [0.15, 0.2) is 0 Å². The first-order valence-corrected chi connectivity index (χ1v) is 12.6. The van der Waals surface area contributed by atoms with Crippen molar-refractivity contribution < 1.29 is 5.11 Å². The van der Waals surface area contributed by atoms with Crippen molar-refractivity contribution in [2.24, 2.45) is 46.3 Å². The van der Waals surface area contributed by atoms with Gasteiger partial charge in [0.1, 0.15) is 0 Å². The third-order valence-corrected chi connectivity index (χ3v) is 10.3. The maximum Gasteiger partial charge on any atom is 0.0577 e. The van der Waals surface area contributed by atoms with Crippen molar-refractivity contribution >= 4 is 0 Å². The van der Waals surface area contributed by atoms with Crippen molar-refractivity contribution in [3.05, 3.63) is 11.6 Å². The molecule has 0 bridgehead atoms. The lowest BCUT2D eigenvalue weighted by Crippen LogP contribution is -2.50. The smallest absolute Gasteiger partial charge is 0.0577 e. The lowest BCUT2D eigenvalue weighted by molar-refractivity contribution is -0.0573. The van der Waals surface area contributed by atoms with E-state index in [2.05, 4.69) is 40.7 Å². The van der Waals surface area contributed by atoms with E-state index in [4.69, 9.17) is 0 Å². The van der Waals surface area contributed by atoms with Gasteiger partial charge in [0.25, 0.3) is 0 Å². The molecule has 0 spiro atoms. The minimum absolute atomic E-state index is 0.0766. The van der Waals surface area contributed by atoms with E-state index < -0.39 is 0 Å². The lowest BCUT2D eigenvalue weighted by atomic mass is 9.47. The largest absolute Gasteiger partial charge is 0.393 e. The fraction of sp³-hybridized carbons (Fsp3) is 0.926. The first-order chi connectivity index (χ1) is 13.3. The summed E-state index contributed by atoms with van der Waals surface area (Å²) >= 11 is 0. The molecule has 1 heteroatoms. The maximum atomic E-state index is 10.2. The normalized spacial score (nSPS) is 46.5. The predicted molar refractivity (Wildman–Crippen MR) is 119 cm³/mol. The fourth-order valence-electron chi connectivity index (χ4n) is 8.67. The SMILES string of the molecule is CC(C)CCC[C@@H](C)[C@H]1CCC2C3CC=C4C[C@H](O)CC[C@]4(C)C3CC[C@@]21C. The van der Waals surface area contributed by atoms with Crippen LogP contribution in [0.4, 0.5) is 0 Å². The molecule has 160 valence electrons. The molecule has 3 unspecified atom stereocenters. The van der Waals surface area contributed by atoms with Gasteiger partial charge in [-0.3, -0.25) is 0 Å². The van der Waals surface area contributed by atoms with Crippen molar-refractivity contribution in [1.82, 2.24) is 0 Å². The molecular weight excluding hydrogens is 340 g/mol. The third kappa shape index (κ3) is 3.42. The average Bonchev–Trinajstić information content (AvgIpc) is 2.99. The van der Waals surface area contributed by atoms with Gasteiger partial charge in [-0.05, 0) is 97.7 Å². The second-order valence-corrected chi connectivity index (χ2v) is 12.2. The van der Waals surface area contributed by atoms with Crippen LogP contribution in [0.15, 0.2) is 11.6 Å². The topological polar surface area (TPSA) is 20.2 Å². The Balaban J connectivity index is 1.49. The van der Waals surface area contributed by atoms with Crippen LogP contribution in [0, 0.1) is 46.3 Å². The zero-order chi connectivity index (χ0) is 20.1. The van der Waals surface area contributed by atoms with Crippen molar-refractivity contribution in [1.29, 1.82) is 0 Å². The highest BCUT2D eigenvalue weighted by atomic mass is 16.3. The summed E-state index contributed by atoms with van der Waals surface area (Å²) in [6.07, 6.45) is 17.2. The second kappa shape index (κ2) is 7.75. The van der Waals surface area contributed by atoms with Crippen LogP contribution in [0.3, 0.4) is 0 Å². The lowest BCUT2D eigenvalue weighted by Gasteiger charge is -2.58. The van der Waals surface area contributed by atoms with E-state index in [1.165, 1.54) is 57.8 Å². The van der Waals surface area contributed by atoms with Crippen LogP contribution in [-0.4, -0.2) is 11.2 Å². The molecule has 0 aromatic carbocycles. The molecular formula is C27H46O. The van der Waals surface area contributed by atoms with Crippen LogP contribution in [-0.2, 0) is 0 Å². The molecule has 4 aliphatic rings. The Morgan fingerprint density at radius 3 is 2.54 bits per heavy atom. The van der Waals surface area contributed by atoms with Crippen LogP contribution < -0.4 is 0 Å². The van der Waals surface area contributed by atoms with Crippen molar-refractivity contribution in [2.45, 2.75) is 111 Å². The van der Waals surface area contributed by atoms with E-state index in [1.807, 2.05) is 0 Å². The highest BCUT2D eigenvalue weighted by Crippen LogP contribution is 2.67. The number of allylic oxidation sites excluding steroid dienone is 1. The third-order valence-electron chi connectivity index (χ3n) is 10.3. The van der Waals surface area contributed by atoms with Crippen LogP contribution in [0.1, 0.15) is 105 Å². The van der Waals surface area contributed by atoms with E-state index in [9.17, 15) is 5.11 Å². The Morgan fingerprint density at radius 2 is 1.79 bits per heavy atom. The number of fused-ring (bicyclic) bond motifs is 5. The second-order valence-electron chi connectivity index (χ2n) is 12.2. The highest BCUT2D eigenvalue weighted by Gasteiger charge is 2.59. The van der Waals surface area contributed by atoms with Crippen LogP contribution in [0.25, 0.3) is 0 Å². The molecule has 0 saturated heterocycles. The Morgan fingerprint density at radius 1 is 1.00 bits per heavy atom. The molecule has 0 aliphatic heterocycles. The summed E-state index contributed by atoms with van der Waals surface area (Å²) in [6.45, 7) is 12.6. The molecule has 3 saturated carbocycles. The first-order valence-electron chi connectivity index (χ1n) is 12.6. The van der Waals surface area contributed by atoms with Gasteiger partial charge in [0.2, 0.25) is 0 Å². The van der Waals surface area contributed by atoms with Gasteiger partial charge in [-0.2, -0.15) is 0 Å². The molecule has 28 heavy (non-hydrogen) atoms. The Kier molecular flexibility index (Phi) is 5.80. The fourth-order valence-corrected chi connectivity index (χ4v) is 8.67. The summed E-state index contributed by atoms with van der Waals surface area (Å²) in [6, 6.07) is 0. The Bertz CT molecular complexity index is 591. The Labute approximate surface area is 174 Å². The van der Waals surface area contributed by atoms with E-state index in [0.29, 0.717) is 10.8 Å². The highest BCUT2D eigenvalue weighted by molar-refractivity contribution is 5.25. The van der Waals surface area contributed by atoms with Crippen molar-refractivity contribution in [2.75, 3.05) is 0 Å². The minimum atomic E-state index is -0.0766. The van der Waals surface area contributed by atoms with E-state index in [0.717, 1.165) is 48.3 Å². The van der Waals surface area contributed by atoms with Crippen LogP contribution in [0.5, 0.6) is 0 Å². The molecule has 3 fully saturated rings. The van der Waals surface area contributed by atoms with Gasteiger partial charge >= 0.3 is 0 Å². The molecule has 1 N–H and O–H groups in total. The summed E-state index contributed by atoms with van der Waals surface area (Å²) in [7, 11) is 0. The zero-order valence-electron chi connectivity index (χ0n) is 19.3. The first kappa shape index (κ1) is 21.0. The van der Waals surface area contributed by atoms with Gasteiger partial charge in [-0.15, -0.1) is 0 Å². The molecule has 8 atom stereocenters. The maximum absolute atomic E-state index is 10.2. The van der Waals surface area contributed by atoms with Gasteiger partial charge in [-0.25, -0.2) is 0 Å². The van der Waals surface area contributed by atoms with Gasteiger partial charge < -0.3 is 5.11 Å². The number of aliphatic hydroxyl groups is 1. The summed E-state index contributed by atoms with van der Waals surface area (Å²) in [5.74, 6) is 5.46. The van der Waals surface area contributed by atoms with E-state index in [-0.39, 0.29) is 6.10 Å². The summed E-state index contributed by atoms with van der Waals surface area (Å²) in [5, 5.41) is 10.2. The summed E-state index contributed by atoms with van der Waals surface area (Å²) < 4.78 is 0. The summed E-state index contributed by atoms with van der Waals surface area (Å²) in [5.41, 5.74) is 2.60. The standard InChI is InChI=1S/C27H46O/c1-18(2)7-6-8-19(3)23-11-12-24-22-10-9-20-17-21(28)13-15-26(20,4)25(22)14-16-27(23,24)5/h9,18-19,21-25,28H,6-8,10-17H2,1-5H3/t19-,21-,22?,23-,24?,25?,26+,27-/m1/s1. The van der Waals surface area contributed by atoms with E-state index in [1.54, 1.807) is 5.57 Å². The molecule has 0 heterocycles. The molecule has 0 radical (unpaired) electrons. The predicted octanol–water partition coefficient (Wildman–Crippen LogP) is 7.39. The monoisotopic (exact) mass is 386 g/mol. The van der Waals surface area contributed by atoms with Crippen molar-refractivity contribution in [3.8, 4) is 0 Å². The molecule has 1 nitrogen and oxygen atoms in total. The number of rotatable bonds is 5. The number of hydrogen-bond donors (Lipinski definition) is 1. The summed E-state index contributed by atoms with van der Waals surface area (Å²) in [4.78, 5) is 0. The zero-order valence-corrected chi connectivity index (χ0v) is 19.3. The molecule has 0 amide bonds. The number of hydrogen-bond acceptors (Lipinski definition) is 1. The quantitative estimate of drug-likeness (QED) is 0.488. The van der Waals surface area contributed by atoms with Crippen molar-refractivity contribution in [3.63, 3.8) is 0 Å². The number of aliphatic hydroxyl groups excluding tert-OH is 1. The van der Waals surface area contributed by atoms with Gasteiger partial charge in [0.05, 0.1) is 6.10 Å². The molecule has 4 aliphatic carbocycles. The van der Waals surface area contributed by atoms with Gasteiger partial charge in [0, 0.05) is 0 Å². The molecule has 4 rings (SSSR count). The van der Waals surface area contributed by atoms with E-state index >= 15 is 0 Å². The molecule has 0 aromatic rings. The van der Waals surface area contributed by atoms with Gasteiger partial charge in [-0.1, -0.05) is 65.5 Å². The van der Waals surface area contributed by atoms with Crippen LogP contribution in [0.2, 0.25) is 0 Å². The average molecular weight is 387 g/mol. The molecule has 0 aromatic heterocycles. The van der Waals surface area contributed by atoms with Crippen LogP contribution >= 0.6 is 0 Å². The minimum Gasteiger partial charge on any atom is -0.393 e.